The summed E-state index contributed by atoms with van der Waals surface area (Å²) in [6, 6.07) is 13.7. The number of anilines is 2. The molecular weight excluding hydrogens is 300 g/mol. The Morgan fingerprint density at radius 3 is 2.46 bits per heavy atom. The van der Waals surface area contributed by atoms with Crippen LogP contribution in [-0.4, -0.2) is 18.6 Å². The van der Waals surface area contributed by atoms with E-state index in [2.05, 4.69) is 42.7 Å². The van der Waals surface area contributed by atoms with Gasteiger partial charge in [0.05, 0.1) is 6.10 Å². The maximum absolute atomic E-state index is 12.0. The minimum atomic E-state index is -0.00895. The average Bonchev–Trinajstić information content (AvgIpc) is 2.52. The van der Waals surface area contributed by atoms with E-state index in [1.54, 1.807) is 0 Å². The molecule has 0 aliphatic heterocycles. The smallest absolute Gasteiger partial charge is 0.226 e. The van der Waals surface area contributed by atoms with Gasteiger partial charge in [0.1, 0.15) is 5.75 Å². The van der Waals surface area contributed by atoms with Crippen molar-refractivity contribution >= 4 is 17.3 Å². The van der Waals surface area contributed by atoms with Gasteiger partial charge in [0, 0.05) is 24.3 Å². The normalized spacial score (nSPS) is 10.5. The van der Waals surface area contributed by atoms with E-state index in [4.69, 9.17) is 4.74 Å². The fourth-order valence-corrected chi connectivity index (χ4v) is 2.35. The maximum Gasteiger partial charge on any atom is 0.226 e. The molecule has 4 nitrogen and oxygen atoms in total. The van der Waals surface area contributed by atoms with E-state index >= 15 is 0 Å². The first-order valence-corrected chi connectivity index (χ1v) is 8.32. The number of hydrogen-bond acceptors (Lipinski definition) is 3. The molecule has 0 fully saturated rings. The molecule has 0 saturated heterocycles. The van der Waals surface area contributed by atoms with Crippen LogP contribution in [0, 0.1) is 13.8 Å². The van der Waals surface area contributed by atoms with Gasteiger partial charge in [0.2, 0.25) is 5.91 Å². The van der Waals surface area contributed by atoms with Gasteiger partial charge in [-0.05, 0) is 69.2 Å². The number of nitrogens with one attached hydrogen (secondary N) is 2. The summed E-state index contributed by atoms with van der Waals surface area (Å²) in [4.78, 5) is 12.0. The molecule has 2 aromatic carbocycles. The van der Waals surface area contributed by atoms with Crippen molar-refractivity contribution in [3.8, 4) is 5.75 Å². The van der Waals surface area contributed by atoms with Crippen LogP contribution in [0.1, 0.15) is 31.4 Å². The van der Waals surface area contributed by atoms with Crippen LogP contribution >= 0.6 is 0 Å². The van der Waals surface area contributed by atoms with Crippen molar-refractivity contribution in [2.75, 3.05) is 17.2 Å². The second-order valence-corrected chi connectivity index (χ2v) is 6.23. The lowest BCUT2D eigenvalue weighted by atomic mass is 10.1. The highest BCUT2D eigenvalue weighted by atomic mass is 16.5. The fraction of sp³-hybridized carbons (Fsp3) is 0.350. The molecular formula is C20H26N2O2. The molecule has 0 spiro atoms. The maximum atomic E-state index is 12.0. The van der Waals surface area contributed by atoms with Gasteiger partial charge in [0.15, 0.2) is 0 Å². The van der Waals surface area contributed by atoms with Gasteiger partial charge in [0.25, 0.3) is 0 Å². The van der Waals surface area contributed by atoms with Crippen LogP contribution in [-0.2, 0) is 4.79 Å². The van der Waals surface area contributed by atoms with Crippen LogP contribution in [0.3, 0.4) is 0 Å². The minimum Gasteiger partial charge on any atom is -0.491 e. The summed E-state index contributed by atoms with van der Waals surface area (Å²) < 4.78 is 5.59. The topological polar surface area (TPSA) is 50.4 Å². The second kappa shape index (κ2) is 8.39. The Morgan fingerprint density at radius 1 is 1.08 bits per heavy atom. The molecule has 2 aromatic rings. The summed E-state index contributed by atoms with van der Waals surface area (Å²) in [6.07, 6.45) is 0.555. The molecule has 0 atom stereocenters. The zero-order valence-electron chi connectivity index (χ0n) is 14.8. The summed E-state index contributed by atoms with van der Waals surface area (Å²) in [7, 11) is 0. The number of amides is 1. The number of rotatable bonds is 7. The van der Waals surface area contributed by atoms with E-state index in [1.165, 1.54) is 11.1 Å². The van der Waals surface area contributed by atoms with Crippen molar-refractivity contribution in [2.24, 2.45) is 0 Å². The quantitative estimate of drug-likeness (QED) is 0.786. The molecule has 128 valence electrons. The van der Waals surface area contributed by atoms with Crippen LogP contribution in [0.2, 0.25) is 0 Å². The largest absolute Gasteiger partial charge is 0.491 e. The summed E-state index contributed by atoms with van der Waals surface area (Å²) in [5, 5.41) is 6.22. The highest BCUT2D eigenvalue weighted by Crippen LogP contribution is 2.18. The Balaban J connectivity index is 1.80. The predicted octanol–water partition coefficient (Wildman–Crippen LogP) is 4.53. The van der Waals surface area contributed by atoms with Crippen molar-refractivity contribution in [1.82, 2.24) is 0 Å². The highest BCUT2D eigenvalue weighted by Gasteiger charge is 2.04. The van der Waals surface area contributed by atoms with Crippen LogP contribution in [0.15, 0.2) is 42.5 Å². The molecule has 0 radical (unpaired) electrons. The third-order valence-electron chi connectivity index (χ3n) is 3.57. The Hall–Kier alpha value is -2.49. The Labute approximate surface area is 144 Å². The monoisotopic (exact) mass is 326 g/mol. The zero-order valence-corrected chi connectivity index (χ0v) is 14.8. The molecule has 0 heterocycles. The molecule has 0 aliphatic carbocycles. The van der Waals surface area contributed by atoms with E-state index in [0.29, 0.717) is 13.0 Å². The molecule has 1 amide bonds. The molecule has 4 heteroatoms. The molecule has 0 aromatic heterocycles. The second-order valence-electron chi connectivity index (χ2n) is 6.23. The van der Waals surface area contributed by atoms with Crippen LogP contribution in [0.4, 0.5) is 11.4 Å². The van der Waals surface area contributed by atoms with Crippen molar-refractivity contribution < 1.29 is 9.53 Å². The number of ether oxygens (including phenoxy) is 1. The minimum absolute atomic E-state index is 0.00895. The highest BCUT2D eigenvalue weighted by molar-refractivity contribution is 5.91. The van der Waals surface area contributed by atoms with E-state index < -0.39 is 0 Å². The molecule has 0 bridgehead atoms. The third-order valence-corrected chi connectivity index (χ3v) is 3.57. The van der Waals surface area contributed by atoms with Gasteiger partial charge in [-0.25, -0.2) is 0 Å². The average molecular weight is 326 g/mol. The SMILES string of the molecule is Cc1ccc(C)c(NCCC(=O)Nc2ccc(OC(C)C)cc2)c1. The van der Waals surface area contributed by atoms with Crippen LogP contribution < -0.4 is 15.4 Å². The molecule has 0 saturated carbocycles. The number of benzene rings is 2. The van der Waals surface area contributed by atoms with Crippen molar-refractivity contribution in [1.29, 1.82) is 0 Å². The zero-order chi connectivity index (χ0) is 17.5. The number of carbonyl (C=O) groups excluding carboxylic acids is 1. The summed E-state index contributed by atoms with van der Waals surface area (Å²) in [5.41, 5.74) is 4.25. The Kier molecular flexibility index (Phi) is 6.24. The lowest BCUT2D eigenvalue weighted by molar-refractivity contribution is -0.115. The van der Waals surface area contributed by atoms with Crippen molar-refractivity contribution in [2.45, 2.75) is 40.2 Å². The predicted molar refractivity (Wildman–Crippen MR) is 99.9 cm³/mol. The van der Waals surface area contributed by atoms with E-state index in [-0.39, 0.29) is 12.0 Å². The van der Waals surface area contributed by atoms with Crippen molar-refractivity contribution in [3.63, 3.8) is 0 Å². The number of aryl methyl sites for hydroxylation is 2. The first-order chi connectivity index (χ1) is 11.4. The van der Waals surface area contributed by atoms with E-state index in [0.717, 1.165) is 17.1 Å². The van der Waals surface area contributed by atoms with Crippen LogP contribution in [0.25, 0.3) is 0 Å². The van der Waals surface area contributed by atoms with Gasteiger partial charge in [-0.15, -0.1) is 0 Å². The standard InChI is InChI=1S/C20H26N2O2/c1-14(2)24-18-9-7-17(8-10-18)22-20(23)11-12-21-19-13-15(3)5-6-16(19)4/h5-10,13-14,21H,11-12H2,1-4H3,(H,22,23). The van der Waals surface area contributed by atoms with Gasteiger partial charge in [-0.1, -0.05) is 12.1 Å². The molecule has 0 unspecified atom stereocenters. The van der Waals surface area contributed by atoms with Gasteiger partial charge in [-0.2, -0.15) is 0 Å². The lowest BCUT2D eigenvalue weighted by Gasteiger charge is -2.12. The van der Waals surface area contributed by atoms with Gasteiger partial charge < -0.3 is 15.4 Å². The lowest BCUT2D eigenvalue weighted by Crippen LogP contribution is -2.16. The summed E-state index contributed by atoms with van der Waals surface area (Å²) >= 11 is 0. The summed E-state index contributed by atoms with van der Waals surface area (Å²) in [5.74, 6) is 0.796. The van der Waals surface area contributed by atoms with Gasteiger partial charge >= 0.3 is 0 Å². The number of hydrogen-bond donors (Lipinski definition) is 2. The molecule has 2 rings (SSSR count). The van der Waals surface area contributed by atoms with Gasteiger partial charge in [-0.3, -0.25) is 4.79 Å². The first-order valence-electron chi connectivity index (χ1n) is 8.32. The molecule has 2 N–H and O–H groups in total. The molecule has 24 heavy (non-hydrogen) atoms. The number of carbonyl (C=O) groups is 1. The van der Waals surface area contributed by atoms with Crippen molar-refractivity contribution in [3.05, 3.63) is 53.6 Å². The van der Waals surface area contributed by atoms with E-state index in [9.17, 15) is 4.79 Å². The summed E-state index contributed by atoms with van der Waals surface area (Å²) in [6.45, 7) is 8.69. The van der Waals surface area contributed by atoms with E-state index in [1.807, 2.05) is 38.1 Å². The Bertz CT molecular complexity index is 679. The van der Waals surface area contributed by atoms with Crippen LogP contribution in [0.5, 0.6) is 5.75 Å². The molecule has 0 aliphatic rings. The fourth-order valence-electron chi connectivity index (χ4n) is 2.35. The Morgan fingerprint density at radius 2 is 1.79 bits per heavy atom. The first kappa shape index (κ1) is 17.9. The third kappa shape index (κ3) is 5.61.